The summed E-state index contributed by atoms with van der Waals surface area (Å²) in [4.78, 5) is 52.6. The molecule has 0 spiro atoms. The Balaban J connectivity index is 1.21. The fourth-order valence-electron chi connectivity index (χ4n) is 5.80. The highest BCUT2D eigenvalue weighted by atomic mass is 16.5. The maximum atomic E-state index is 13.5. The number of nitrogens with one attached hydrogen (secondary N) is 4. The van der Waals surface area contributed by atoms with E-state index in [1.54, 1.807) is 0 Å². The van der Waals surface area contributed by atoms with Gasteiger partial charge in [-0.15, -0.1) is 0 Å². The molecule has 10 heteroatoms. The number of aliphatic hydroxyl groups excluding tert-OH is 1. The summed E-state index contributed by atoms with van der Waals surface area (Å²) in [7, 11) is 0. The molecule has 0 radical (unpaired) electrons. The smallest absolute Gasteiger partial charge is 0.407 e. The molecule has 4 amide bonds. The summed E-state index contributed by atoms with van der Waals surface area (Å²) in [5.41, 5.74) is 5.97. The van der Waals surface area contributed by atoms with E-state index in [0.29, 0.717) is 0 Å². The van der Waals surface area contributed by atoms with Crippen LogP contribution >= 0.6 is 0 Å². The average Bonchev–Trinajstić information content (AvgIpc) is 3.42. The Morgan fingerprint density at radius 1 is 0.667 bits per heavy atom. The average molecular weight is 649 g/mol. The lowest BCUT2D eigenvalue weighted by Crippen LogP contribution is -2.58. The predicted octanol–water partition coefficient (Wildman–Crippen LogP) is 3.82. The molecule has 0 saturated heterocycles. The molecule has 1 aliphatic carbocycles. The Hall–Kier alpha value is -5.48. The molecular weight excluding hydrogens is 608 g/mol. The van der Waals surface area contributed by atoms with Crippen molar-refractivity contribution in [2.45, 2.75) is 57.0 Å². The van der Waals surface area contributed by atoms with Crippen LogP contribution in [-0.4, -0.2) is 59.8 Å². The number of carbonyl (C=O) groups is 4. The van der Waals surface area contributed by atoms with Gasteiger partial charge in [0.25, 0.3) is 0 Å². The number of carbonyl (C=O) groups excluding carboxylic acids is 4. The van der Waals surface area contributed by atoms with Crippen LogP contribution in [0.3, 0.4) is 0 Å². The van der Waals surface area contributed by atoms with Crippen molar-refractivity contribution < 1.29 is 29.0 Å². The molecule has 5 rings (SSSR count). The standard InChI is InChI=1S/C38H40N4O6/c1-24(35(44)42-34(25(2)43)37(46)39-22-27-15-7-4-8-16-27)40-36(45)33(21-26-13-5-3-6-14-26)41-38(47)48-23-32-30-19-11-9-17-28(30)29-18-10-12-20-31(29)32/h3-20,24-25,32-34,43H,21-23H2,1-2H3,(H,39,46)(H,40,45)(H,41,47)(H,42,44)/t24-,25+,33-,34-/m0/s1. The van der Waals surface area contributed by atoms with E-state index in [0.717, 1.165) is 33.4 Å². The van der Waals surface area contributed by atoms with Crippen LogP contribution in [0.15, 0.2) is 109 Å². The highest BCUT2D eigenvalue weighted by Crippen LogP contribution is 2.44. The Morgan fingerprint density at radius 2 is 1.21 bits per heavy atom. The first-order valence-corrected chi connectivity index (χ1v) is 16.0. The van der Waals surface area contributed by atoms with Crippen LogP contribution in [0.2, 0.25) is 0 Å². The van der Waals surface area contributed by atoms with Crippen LogP contribution < -0.4 is 21.3 Å². The first-order valence-electron chi connectivity index (χ1n) is 16.0. The van der Waals surface area contributed by atoms with Crippen molar-refractivity contribution in [2.24, 2.45) is 0 Å². The number of hydrogen-bond donors (Lipinski definition) is 5. The number of ether oxygens (including phenoxy) is 1. The lowest BCUT2D eigenvalue weighted by atomic mass is 9.98. The Bertz CT molecular complexity index is 1680. The molecule has 0 bridgehead atoms. The Morgan fingerprint density at radius 3 is 1.79 bits per heavy atom. The van der Waals surface area contributed by atoms with Gasteiger partial charge in [0.2, 0.25) is 17.7 Å². The Kier molecular flexibility index (Phi) is 11.2. The van der Waals surface area contributed by atoms with E-state index < -0.39 is 48.0 Å². The SMILES string of the molecule is C[C@H](NC(=O)[C@H](Cc1ccccc1)NC(=O)OCC1c2ccccc2-c2ccccc21)C(=O)N[C@H](C(=O)NCc1ccccc1)[C@@H](C)O. The maximum Gasteiger partial charge on any atom is 0.407 e. The summed E-state index contributed by atoms with van der Waals surface area (Å²) in [5.74, 6) is -2.01. The summed E-state index contributed by atoms with van der Waals surface area (Å²) in [6, 6.07) is 31.0. The molecule has 5 N–H and O–H groups in total. The van der Waals surface area contributed by atoms with Gasteiger partial charge in [-0.1, -0.05) is 109 Å². The number of benzene rings is 4. The monoisotopic (exact) mass is 648 g/mol. The fourth-order valence-corrected chi connectivity index (χ4v) is 5.80. The van der Waals surface area contributed by atoms with E-state index in [9.17, 15) is 24.3 Å². The zero-order valence-electron chi connectivity index (χ0n) is 26.9. The molecule has 4 atom stereocenters. The minimum Gasteiger partial charge on any atom is -0.449 e. The molecule has 0 aromatic heterocycles. The third kappa shape index (κ3) is 8.45. The highest BCUT2D eigenvalue weighted by Gasteiger charge is 2.32. The molecule has 48 heavy (non-hydrogen) atoms. The molecule has 10 nitrogen and oxygen atoms in total. The second kappa shape index (κ2) is 15.9. The number of aliphatic hydroxyl groups is 1. The van der Waals surface area contributed by atoms with Crippen molar-refractivity contribution >= 4 is 23.8 Å². The van der Waals surface area contributed by atoms with Gasteiger partial charge < -0.3 is 31.1 Å². The van der Waals surface area contributed by atoms with Gasteiger partial charge in [0.1, 0.15) is 24.7 Å². The van der Waals surface area contributed by atoms with E-state index >= 15 is 0 Å². The van der Waals surface area contributed by atoms with Crippen molar-refractivity contribution in [2.75, 3.05) is 6.61 Å². The maximum absolute atomic E-state index is 13.5. The van der Waals surface area contributed by atoms with E-state index in [-0.39, 0.29) is 25.5 Å². The second-order valence-corrected chi connectivity index (χ2v) is 11.9. The van der Waals surface area contributed by atoms with Gasteiger partial charge >= 0.3 is 6.09 Å². The van der Waals surface area contributed by atoms with E-state index in [2.05, 4.69) is 21.3 Å². The minimum atomic E-state index is -1.25. The van der Waals surface area contributed by atoms with Gasteiger partial charge in [0, 0.05) is 18.9 Å². The molecule has 0 heterocycles. The summed E-state index contributed by atoms with van der Waals surface area (Å²) < 4.78 is 5.69. The quantitative estimate of drug-likeness (QED) is 0.149. The minimum absolute atomic E-state index is 0.0748. The summed E-state index contributed by atoms with van der Waals surface area (Å²) in [6.07, 6.45) is -1.83. The topological polar surface area (TPSA) is 146 Å². The fraction of sp³-hybridized carbons (Fsp3) is 0.263. The van der Waals surface area contributed by atoms with Gasteiger partial charge in [-0.2, -0.15) is 0 Å². The van der Waals surface area contributed by atoms with Crippen molar-refractivity contribution in [1.29, 1.82) is 0 Å². The lowest BCUT2D eigenvalue weighted by Gasteiger charge is -2.25. The van der Waals surface area contributed by atoms with Gasteiger partial charge in [-0.25, -0.2) is 4.79 Å². The third-order valence-electron chi connectivity index (χ3n) is 8.36. The molecule has 0 aliphatic heterocycles. The zero-order chi connectivity index (χ0) is 34.0. The van der Waals surface area contributed by atoms with Gasteiger partial charge in [0.15, 0.2) is 0 Å². The normalized spacial score (nSPS) is 14.3. The summed E-state index contributed by atoms with van der Waals surface area (Å²) in [5, 5.41) is 20.8. The molecule has 0 fully saturated rings. The van der Waals surface area contributed by atoms with E-state index in [4.69, 9.17) is 4.74 Å². The molecular formula is C38H40N4O6. The van der Waals surface area contributed by atoms with Crippen LogP contribution in [-0.2, 0) is 32.1 Å². The molecule has 0 unspecified atom stereocenters. The van der Waals surface area contributed by atoms with Gasteiger partial charge in [-0.3, -0.25) is 14.4 Å². The number of hydrogen-bond acceptors (Lipinski definition) is 6. The molecule has 248 valence electrons. The van der Waals surface area contributed by atoms with Crippen LogP contribution in [0.1, 0.15) is 42.0 Å². The number of amides is 4. The van der Waals surface area contributed by atoms with E-state index in [1.165, 1.54) is 13.8 Å². The molecule has 1 aliphatic rings. The number of rotatable bonds is 13. The predicted molar refractivity (Wildman–Crippen MR) is 182 cm³/mol. The Labute approximate surface area is 279 Å². The molecule has 4 aromatic carbocycles. The van der Waals surface area contributed by atoms with Crippen LogP contribution in [0, 0.1) is 0 Å². The van der Waals surface area contributed by atoms with Crippen molar-refractivity contribution in [3.05, 3.63) is 131 Å². The van der Waals surface area contributed by atoms with Crippen molar-refractivity contribution in [1.82, 2.24) is 21.3 Å². The molecule has 4 aromatic rings. The molecule has 0 saturated carbocycles. The summed E-state index contributed by atoms with van der Waals surface area (Å²) in [6.45, 7) is 3.14. The first kappa shape index (κ1) is 33.9. The lowest BCUT2D eigenvalue weighted by molar-refractivity contribution is -0.134. The largest absolute Gasteiger partial charge is 0.449 e. The number of alkyl carbamates (subject to hydrolysis) is 1. The van der Waals surface area contributed by atoms with Crippen molar-refractivity contribution in [3.63, 3.8) is 0 Å². The third-order valence-corrected chi connectivity index (χ3v) is 8.36. The zero-order valence-corrected chi connectivity index (χ0v) is 26.9. The van der Waals surface area contributed by atoms with Crippen LogP contribution in [0.4, 0.5) is 4.79 Å². The van der Waals surface area contributed by atoms with Crippen molar-refractivity contribution in [3.8, 4) is 11.1 Å². The summed E-state index contributed by atoms with van der Waals surface area (Å²) >= 11 is 0. The first-order chi connectivity index (χ1) is 23.2. The van der Waals surface area contributed by atoms with Crippen LogP contribution in [0.5, 0.6) is 0 Å². The van der Waals surface area contributed by atoms with Gasteiger partial charge in [-0.05, 0) is 47.2 Å². The van der Waals surface area contributed by atoms with Crippen LogP contribution in [0.25, 0.3) is 11.1 Å². The van der Waals surface area contributed by atoms with Gasteiger partial charge in [0.05, 0.1) is 6.10 Å². The second-order valence-electron chi connectivity index (χ2n) is 11.9. The highest BCUT2D eigenvalue weighted by molar-refractivity contribution is 5.94. The number of fused-ring (bicyclic) bond motifs is 3. The van der Waals surface area contributed by atoms with E-state index in [1.807, 2.05) is 109 Å².